The molecule has 3 N–H and O–H groups in total. The lowest BCUT2D eigenvalue weighted by atomic mass is 10.1. The van der Waals surface area contributed by atoms with Crippen molar-refractivity contribution in [2.24, 2.45) is 0 Å². The Balaban J connectivity index is 4.28. The summed E-state index contributed by atoms with van der Waals surface area (Å²) in [6.07, 6.45) is 37.8. The molecule has 0 aliphatic carbocycles. The SMILES string of the molecule is CCC/C=C\C/C=C\CCCCCCCC(=O)OC(COCCCCCCCC/C=C\C/C=C\CCCC)COP(=O)(O)OCC(O)CO. The van der Waals surface area contributed by atoms with Crippen molar-refractivity contribution in [1.82, 2.24) is 0 Å². The maximum Gasteiger partial charge on any atom is 0.472 e. The van der Waals surface area contributed by atoms with Crippen LogP contribution < -0.4 is 0 Å². The van der Waals surface area contributed by atoms with Crippen molar-refractivity contribution < 1.29 is 43.0 Å². The fourth-order valence-corrected chi connectivity index (χ4v) is 5.55. The molecule has 0 aliphatic rings. The second-order valence-electron chi connectivity index (χ2n) is 12.6. The van der Waals surface area contributed by atoms with Gasteiger partial charge in [-0.05, 0) is 64.2 Å². The molecule has 49 heavy (non-hydrogen) atoms. The molecule has 0 aromatic carbocycles. The van der Waals surface area contributed by atoms with Crippen LogP contribution in [0.1, 0.15) is 149 Å². The summed E-state index contributed by atoms with van der Waals surface area (Å²) in [6.45, 7) is 3.35. The van der Waals surface area contributed by atoms with Gasteiger partial charge in [-0.3, -0.25) is 13.8 Å². The molecule has 3 unspecified atom stereocenters. The molecular weight excluding hydrogens is 643 g/mol. The molecule has 0 aromatic heterocycles. The first kappa shape index (κ1) is 47.4. The van der Waals surface area contributed by atoms with Gasteiger partial charge in [0.2, 0.25) is 0 Å². The third kappa shape index (κ3) is 36.0. The number of hydrogen-bond acceptors (Lipinski definition) is 8. The summed E-state index contributed by atoms with van der Waals surface area (Å²) in [5.41, 5.74) is 0. The highest BCUT2D eigenvalue weighted by atomic mass is 31.2. The van der Waals surface area contributed by atoms with E-state index in [0.29, 0.717) is 13.0 Å². The number of esters is 1. The summed E-state index contributed by atoms with van der Waals surface area (Å²) >= 11 is 0. The van der Waals surface area contributed by atoms with Crippen LogP contribution in [0.25, 0.3) is 0 Å². The van der Waals surface area contributed by atoms with Crippen LogP contribution >= 0.6 is 7.82 Å². The molecule has 3 atom stereocenters. The molecule has 0 heterocycles. The first-order chi connectivity index (χ1) is 23.8. The highest BCUT2D eigenvalue weighted by Crippen LogP contribution is 2.43. The van der Waals surface area contributed by atoms with E-state index in [2.05, 4.69) is 62.5 Å². The smallest absolute Gasteiger partial charge is 0.457 e. The number of aliphatic hydroxyl groups is 2. The van der Waals surface area contributed by atoms with E-state index in [1.54, 1.807) is 0 Å². The normalized spacial score (nSPS) is 14.8. The molecule has 0 amide bonds. The molecule has 10 heteroatoms. The van der Waals surface area contributed by atoms with Gasteiger partial charge in [-0.2, -0.15) is 0 Å². The Hall–Kier alpha value is -1.58. The molecule has 9 nitrogen and oxygen atoms in total. The monoisotopic (exact) mass is 714 g/mol. The van der Waals surface area contributed by atoms with Crippen molar-refractivity contribution in [1.29, 1.82) is 0 Å². The van der Waals surface area contributed by atoms with Crippen molar-refractivity contribution >= 4 is 13.8 Å². The predicted octanol–water partition coefficient (Wildman–Crippen LogP) is 9.86. The highest BCUT2D eigenvalue weighted by molar-refractivity contribution is 7.47. The topological polar surface area (TPSA) is 132 Å². The Morgan fingerprint density at radius 2 is 1.14 bits per heavy atom. The number of hydrogen-bond donors (Lipinski definition) is 3. The lowest BCUT2D eigenvalue weighted by molar-refractivity contribution is -0.154. The average molecular weight is 715 g/mol. The number of phosphoric ester groups is 1. The minimum Gasteiger partial charge on any atom is -0.457 e. The van der Waals surface area contributed by atoms with Crippen molar-refractivity contribution in [3.63, 3.8) is 0 Å². The molecule has 286 valence electrons. The molecule has 0 fully saturated rings. The second kappa shape index (κ2) is 36.2. The predicted molar refractivity (Wildman–Crippen MR) is 200 cm³/mol. The number of allylic oxidation sites excluding steroid dienone is 8. The molecule has 0 saturated heterocycles. The van der Waals surface area contributed by atoms with Crippen LogP contribution in [0.4, 0.5) is 0 Å². The van der Waals surface area contributed by atoms with Gasteiger partial charge >= 0.3 is 13.8 Å². The molecule has 0 saturated carbocycles. The Morgan fingerprint density at radius 1 is 0.633 bits per heavy atom. The van der Waals surface area contributed by atoms with Gasteiger partial charge in [-0.15, -0.1) is 0 Å². The number of unbranched alkanes of at least 4 members (excludes halogenated alkanes) is 14. The van der Waals surface area contributed by atoms with E-state index < -0.39 is 39.2 Å². The molecule has 0 rings (SSSR count). The lowest BCUT2D eigenvalue weighted by Crippen LogP contribution is -2.29. The number of aliphatic hydroxyl groups excluding tert-OH is 2. The summed E-state index contributed by atoms with van der Waals surface area (Å²) in [7, 11) is -4.52. The number of rotatable bonds is 36. The number of carbonyl (C=O) groups is 1. The van der Waals surface area contributed by atoms with Gasteiger partial charge in [-0.25, -0.2) is 4.57 Å². The molecular formula is C39H71O9P. The van der Waals surface area contributed by atoms with Crippen molar-refractivity contribution in [2.75, 3.05) is 33.0 Å². The van der Waals surface area contributed by atoms with Gasteiger partial charge < -0.3 is 24.6 Å². The average Bonchev–Trinajstić information content (AvgIpc) is 3.09. The molecule has 0 spiro atoms. The molecule has 0 aromatic rings. The molecule has 0 bridgehead atoms. The number of phosphoric acid groups is 1. The van der Waals surface area contributed by atoms with Crippen molar-refractivity contribution in [2.45, 2.75) is 161 Å². The quantitative estimate of drug-likeness (QED) is 0.0251. The Labute approximate surface area is 298 Å². The van der Waals surface area contributed by atoms with Gasteiger partial charge in [0.25, 0.3) is 0 Å². The van der Waals surface area contributed by atoms with Gasteiger partial charge in [0.1, 0.15) is 12.2 Å². The standard InChI is InChI=1S/C39H71O9P/c1-3-5-7-9-11-13-15-17-18-20-22-24-26-28-30-32-45-35-38(36-47-49(43,44)46-34-37(41)33-40)48-39(42)31-29-27-25-23-21-19-16-14-12-10-8-6-4-2/h8-11,14-17,37-38,40-41H,3-7,12-13,18-36H2,1-2H3,(H,43,44)/b10-8-,11-9-,16-14-,17-15-. The fraction of sp³-hybridized carbons (Fsp3) is 0.769. The van der Waals surface area contributed by atoms with Crippen LogP contribution in [0.5, 0.6) is 0 Å². The van der Waals surface area contributed by atoms with Crippen LogP contribution in [-0.4, -0.2) is 66.3 Å². The highest BCUT2D eigenvalue weighted by Gasteiger charge is 2.26. The van der Waals surface area contributed by atoms with E-state index in [4.69, 9.17) is 23.6 Å². The van der Waals surface area contributed by atoms with Crippen LogP contribution in [-0.2, 0) is 27.9 Å². The molecule has 0 radical (unpaired) electrons. The zero-order valence-electron chi connectivity index (χ0n) is 30.9. The Morgan fingerprint density at radius 3 is 1.71 bits per heavy atom. The van der Waals surface area contributed by atoms with Gasteiger partial charge in [0, 0.05) is 13.0 Å². The van der Waals surface area contributed by atoms with E-state index in [0.717, 1.165) is 77.0 Å². The third-order valence-corrected chi connectivity index (χ3v) is 8.67. The third-order valence-electron chi connectivity index (χ3n) is 7.72. The lowest BCUT2D eigenvalue weighted by Gasteiger charge is -2.20. The maximum atomic E-state index is 12.5. The summed E-state index contributed by atoms with van der Waals surface area (Å²) in [6, 6.07) is 0. The van der Waals surface area contributed by atoms with E-state index in [9.17, 15) is 19.4 Å². The van der Waals surface area contributed by atoms with E-state index in [-0.39, 0.29) is 19.6 Å². The molecule has 0 aliphatic heterocycles. The zero-order valence-corrected chi connectivity index (χ0v) is 31.8. The number of carbonyl (C=O) groups excluding carboxylic acids is 1. The second-order valence-corrected chi connectivity index (χ2v) is 14.0. The van der Waals surface area contributed by atoms with Gasteiger partial charge in [0.15, 0.2) is 0 Å². The van der Waals surface area contributed by atoms with E-state index in [1.165, 1.54) is 44.9 Å². The van der Waals surface area contributed by atoms with Crippen molar-refractivity contribution in [3.05, 3.63) is 48.6 Å². The Bertz CT molecular complexity index is 903. The zero-order chi connectivity index (χ0) is 36.1. The van der Waals surface area contributed by atoms with Crippen molar-refractivity contribution in [3.8, 4) is 0 Å². The summed E-state index contributed by atoms with van der Waals surface area (Å²) < 4.78 is 33.2. The summed E-state index contributed by atoms with van der Waals surface area (Å²) in [4.78, 5) is 22.5. The first-order valence-electron chi connectivity index (χ1n) is 19.1. The van der Waals surface area contributed by atoms with Gasteiger partial charge in [-0.1, -0.05) is 127 Å². The van der Waals surface area contributed by atoms with Crippen LogP contribution in [0.2, 0.25) is 0 Å². The fourth-order valence-electron chi connectivity index (χ4n) is 4.76. The largest absolute Gasteiger partial charge is 0.472 e. The van der Waals surface area contributed by atoms with Crippen LogP contribution in [0.15, 0.2) is 48.6 Å². The van der Waals surface area contributed by atoms with E-state index >= 15 is 0 Å². The Kier molecular flexibility index (Phi) is 35.1. The minimum atomic E-state index is -4.52. The van der Waals surface area contributed by atoms with E-state index in [1.807, 2.05) is 0 Å². The minimum absolute atomic E-state index is 0.0348. The summed E-state index contributed by atoms with van der Waals surface area (Å²) in [5.74, 6) is -0.404. The summed E-state index contributed by atoms with van der Waals surface area (Å²) in [5, 5.41) is 18.3. The van der Waals surface area contributed by atoms with Crippen LogP contribution in [0, 0.1) is 0 Å². The number of ether oxygens (including phenoxy) is 2. The first-order valence-corrected chi connectivity index (χ1v) is 20.6. The maximum absolute atomic E-state index is 12.5. The van der Waals surface area contributed by atoms with Gasteiger partial charge in [0.05, 0.1) is 26.4 Å². The van der Waals surface area contributed by atoms with Crippen LogP contribution in [0.3, 0.4) is 0 Å².